The maximum absolute atomic E-state index is 11.9. The highest BCUT2D eigenvalue weighted by molar-refractivity contribution is 7.90. The lowest BCUT2D eigenvalue weighted by atomic mass is 10.2. The molecule has 1 N–H and O–H groups in total. The Morgan fingerprint density at radius 1 is 1.09 bits per heavy atom. The van der Waals surface area contributed by atoms with Crippen molar-refractivity contribution in [2.24, 2.45) is 7.05 Å². The summed E-state index contributed by atoms with van der Waals surface area (Å²) in [5.41, 5.74) is 3.29. The second-order valence-corrected chi connectivity index (χ2v) is 7.34. The van der Waals surface area contributed by atoms with Gasteiger partial charge in [-0.3, -0.25) is 4.72 Å². The van der Waals surface area contributed by atoms with Crippen LogP contribution in [0.1, 0.15) is 0 Å². The zero-order chi connectivity index (χ0) is 16.6. The summed E-state index contributed by atoms with van der Waals surface area (Å²) in [4.78, 5) is 4.63. The van der Waals surface area contributed by atoms with Crippen molar-refractivity contribution in [3.63, 3.8) is 0 Å². The van der Waals surface area contributed by atoms with Gasteiger partial charge in [-0.15, -0.1) is 0 Å². The van der Waals surface area contributed by atoms with Crippen molar-refractivity contribution in [1.29, 1.82) is 0 Å². The number of fused-ring (bicyclic) bond motifs is 1. The smallest absolute Gasteiger partial charge is 0.301 e. The molecule has 0 amide bonds. The number of aromatic nitrogens is 2. The molecule has 23 heavy (non-hydrogen) atoms. The van der Waals surface area contributed by atoms with E-state index in [-0.39, 0.29) is 0 Å². The molecule has 0 aliphatic heterocycles. The van der Waals surface area contributed by atoms with E-state index in [2.05, 4.69) is 9.71 Å². The summed E-state index contributed by atoms with van der Waals surface area (Å²) < 4.78 is 29.6. The largest absolute Gasteiger partial charge is 0.327 e. The number of rotatable bonds is 4. The number of imidazole rings is 1. The summed E-state index contributed by atoms with van der Waals surface area (Å²) in [5.74, 6) is 0.789. The molecule has 0 fully saturated rings. The number of aryl methyl sites for hydroxylation is 1. The molecule has 0 saturated carbocycles. The van der Waals surface area contributed by atoms with Gasteiger partial charge in [0.1, 0.15) is 5.82 Å². The van der Waals surface area contributed by atoms with Crippen LogP contribution in [0.2, 0.25) is 0 Å². The first-order chi connectivity index (χ1) is 10.9. The van der Waals surface area contributed by atoms with Crippen LogP contribution in [0, 0.1) is 0 Å². The van der Waals surface area contributed by atoms with Crippen LogP contribution in [-0.4, -0.2) is 36.4 Å². The van der Waals surface area contributed by atoms with E-state index in [9.17, 15) is 8.42 Å². The summed E-state index contributed by atoms with van der Waals surface area (Å²) in [6.45, 7) is 0. The zero-order valence-electron chi connectivity index (χ0n) is 13.2. The number of nitrogens with zero attached hydrogens (tertiary/aromatic N) is 3. The van der Waals surface area contributed by atoms with Gasteiger partial charge in [-0.05, 0) is 24.3 Å². The molecule has 0 radical (unpaired) electrons. The van der Waals surface area contributed by atoms with Crippen molar-refractivity contribution >= 4 is 26.9 Å². The fourth-order valence-electron chi connectivity index (χ4n) is 2.37. The van der Waals surface area contributed by atoms with Gasteiger partial charge in [-0.1, -0.05) is 24.3 Å². The molecule has 0 aliphatic carbocycles. The third kappa shape index (κ3) is 2.93. The molecule has 1 heterocycles. The van der Waals surface area contributed by atoms with Crippen molar-refractivity contribution in [2.45, 2.75) is 0 Å². The summed E-state index contributed by atoms with van der Waals surface area (Å²) in [6.07, 6.45) is 0. The molecule has 0 bridgehead atoms. The quantitative estimate of drug-likeness (QED) is 0.799. The molecule has 3 aromatic rings. The molecule has 0 unspecified atom stereocenters. The number of para-hydroxylation sites is 2. The highest BCUT2D eigenvalue weighted by Crippen LogP contribution is 2.26. The van der Waals surface area contributed by atoms with Crippen molar-refractivity contribution in [3.8, 4) is 11.4 Å². The van der Waals surface area contributed by atoms with E-state index in [1.54, 1.807) is 12.1 Å². The lowest BCUT2D eigenvalue weighted by Gasteiger charge is -2.14. The summed E-state index contributed by atoms with van der Waals surface area (Å²) >= 11 is 0. The predicted octanol–water partition coefficient (Wildman–Crippen LogP) is 2.46. The lowest BCUT2D eigenvalue weighted by Crippen LogP contribution is -2.28. The lowest BCUT2D eigenvalue weighted by molar-refractivity contribution is 0.527. The van der Waals surface area contributed by atoms with Gasteiger partial charge < -0.3 is 4.57 Å². The number of benzene rings is 2. The average Bonchev–Trinajstić information content (AvgIpc) is 2.85. The topological polar surface area (TPSA) is 67.2 Å². The van der Waals surface area contributed by atoms with Gasteiger partial charge in [-0.25, -0.2) is 4.98 Å². The third-order valence-corrected chi connectivity index (χ3v) is 5.09. The molecule has 0 aliphatic rings. The highest BCUT2D eigenvalue weighted by Gasteiger charge is 2.14. The normalized spacial score (nSPS) is 12.0. The Morgan fingerprint density at radius 2 is 1.83 bits per heavy atom. The Kier molecular flexibility index (Phi) is 3.83. The summed E-state index contributed by atoms with van der Waals surface area (Å²) in [7, 11) is 1.38. The van der Waals surface area contributed by atoms with Crippen molar-refractivity contribution in [3.05, 3.63) is 48.5 Å². The first-order valence-electron chi connectivity index (χ1n) is 7.10. The van der Waals surface area contributed by atoms with Gasteiger partial charge in [-0.2, -0.15) is 12.7 Å². The molecule has 6 nitrogen and oxygen atoms in total. The predicted molar refractivity (Wildman–Crippen MR) is 92.4 cm³/mol. The minimum atomic E-state index is -3.53. The van der Waals surface area contributed by atoms with Gasteiger partial charge >= 0.3 is 10.2 Å². The van der Waals surface area contributed by atoms with Crippen LogP contribution in [0.5, 0.6) is 0 Å². The number of nitrogens with one attached hydrogen (secondary N) is 1. The van der Waals surface area contributed by atoms with E-state index in [0.29, 0.717) is 5.69 Å². The molecule has 0 atom stereocenters. The molecule has 1 aromatic heterocycles. The standard InChI is InChI=1S/C16H18N4O2S/c1-19(2)23(21,22)18-13-8-6-7-12(11-13)16-17-14-9-4-5-10-15(14)20(16)3/h4-11,18H,1-3H3. The molecule has 2 aromatic carbocycles. The third-order valence-electron chi connectivity index (χ3n) is 3.64. The molecular weight excluding hydrogens is 312 g/mol. The second-order valence-electron chi connectivity index (χ2n) is 5.45. The fraction of sp³-hybridized carbons (Fsp3) is 0.188. The Morgan fingerprint density at radius 3 is 2.52 bits per heavy atom. The first kappa shape index (κ1) is 15.5. The molecular formula is C16H18N4O2S. The van der Waals surface area contributed by atoms with Gasteiger partial charge in [0.05, 0.1) is 16.7 Å². The summed E-state index contributed by atoms with van der Waals surface area (Å²) in [5, 5.41) is 0. The van der Waals surface area contributed by atoms with Crippen LogP contribution in [0.15, 0.2) is 48.5 Å². The monoisotopic (exact) mass is 330 g/mol. The highest BCUT2D eigenvalue weighted by atomic mass is 32.2. The van der Waals surface area contributed by atoms with Crippen LogP contribution >= 0.6 is 0 Å². The Labute approximate surface area is 135 Å². The van der Waals surface area contributed by atoms with E-state index in [1.807, 2.05) is 48.0 Å². The minimum absolute atomic E-state index is 0.503. The summed E-state index contributed by atoms with van der Waals surface area (Å²) in [6, 6.07) is 15.1. The minimum Gasteiger partial charge on any atom is -0.327 e. The van der Waals surface area contributed by atoms with Gasteiger partial charge in [0.2, 0.25) is 0 Å². The van der Waals surface area contributed by atoms with Gasteiger partial charge in [0.15, 0.2) is 0 Å². The number of hydrogen-bond acceptors (Lipinski definition) is 3. The van der Waals surface area contributed by atoms with E-state index >= 15 is 0 Å². The van der Waals surface area contributed by atoms with E-state index in [4.69, 9.17) is 0 Å². The van der Waals surface area contributed by atoms with Crippen molar-refractivity contribution in [2.75, 3.05) is 18.8 Å². The van der Waals surface area contributed by atoms with Crippen LogP contribution < -0.4 is 4.72 Å². The molecule has 0 saturated heterocycles. The van der Waals surface area contributed by atoms with Crippen LogP contribution in [0.3, 0.4) is 0 Å². The molecule has 120 valence electrons. The van der Waals surface area contributed by atoms with Crippen LogP contribution in [0.25, 0.3) is 22.4 Å². The maximum atomic E-state index is 11.9. The maximum Gasteiger partial charge on any atom is 0.301 e. The SMILES string of the molecule is CN(C)S(=O)(=O)Nc1cccc(-c2nc3ccccc3n2C)c1. The van der Waals surface area contributed by atoms with E-state index in [1.165, 1.54) is 14.1 Å². The molecule has 7 heteroatoms. The van der Waals surface area contributed by atoms with Gasteiger partial charge in [0.25, 0.3) is 0 Å². The zero-order valence-corrected chi connectivity index (χ0v) is 14.0. The molecule has 0 spiro atoms. The second kappa shape index (κ2) is 5.68. The van der Waals surface area contributed by atoms with Gasteiger partial charge in [0, 0.05) is 26.7 Å². The average molecular weight is 330 g/mol. The number of hydrogen-bond donors (Lipinski definition) is 1. The molecule has 3 rings (SSSR count). The Hall–Kier alpha value is -2.38. The first-order valence-corrected chi connectivity index (χ1v) is 8.54. The Bertz CT molecular complexity index is 961. The van der Waals surface area contributed by atoms with Crippen molar-refractivity contribution < 1.29 is 8.42 Å². The van der Waals surface area contributed by atoms with Crippen LogP contribution in [-0.2, 0) is 17.3 Å². The fourth-order valence-corrected chi connectivity index (χ4v) is 2.97. The van der Waals surface area contributed by atoms with Crippen LogP contribution in [0.4, 0.5) is 5.69 Å². The Balaban J connectivity index is 2.04. The van der Waals surface area contributed by atoms with E-state index in [0.717, 1.165) is 26.7 Å². The number of anilines is 1. The van der Waals surface area contributed by atoms with Crippen molar-refractivity contribution in [1.82, 2.24) is 13.9 Å². The van der Waals surface area contributed by atoms with E-state index < -0.39 is 10.2 Å².